The SMILES string of the molecule is CCOP(=O)([CH-]F)OCC.[Zn+][Br]. The molecule has 12 heavy (non-hydrogen) atoms. The van der Waals surface area contributed by atoms with Gasteiger partial charge in [0.1, 0.15) is 0 Å². The van der Waals surface area contributed by atoms with Crippen molar-refractivity contribution in [3.63, 3.8) is 0 Å². The Morgan fingerprint density at radius 3 is 1.92 bits per heavy atom. The minimum atomic E-state index is -3.49. The van der Waals surface area contributed by atoms with Gasteiger partial charge in [-0.05, 0) is 13.8 Å². The van der Waals surface area contributed by atoms with E-state index in [-0.39, 0.29) is 19.6 Å². The van der Waals surface area contributed by atoms with Crippen molar-refractivity contribution in [1.29, 1.82) is 0 Å². The molecule has 0 saturated heterocycles. The fourth-order valence-electron chi connectivity index (χ4n) is 0.454. The summed E-state index contributed by atoms with van der Waals surface area (Å²) < 4.78 is 31.7. The summed E-state index contributed by atoms with van der Waals surface area (Å²) in [5, 5.41) is 0. The van der Waals surface area contributed by atoms with E-state index >= 15 is 0 Å². The first kappa shape index (κ1) is 15.6. The van der Waals surface area contributed by atoms with Gasteiger partial charge in [0.05, 0.1) is 13.2 Å². The number of hydrogen-bond acceptors (Lipinski definition) is 3. The minimum absolute atomic E-state index is 0.0278. The van der Waals surface area contributed by atoms with Crippen LogP contribution < -0.4 is 0 Å². The first-order valence-electron chi connectivity index (χ1n) is 3.28. The average molecular weight is 314 g/mol. The summed E-state index contributed by atoms with van der Waals surface area (Å²) in [6.45, 7) is 3.60. The first-order valence-corrected chi connectivity index (χ1v) is 11.8. The van der Waals surface area contributed by atoms with Crippen LogP contribution in [0.1, 0.15) is 13.8 Å². The van der Waals surface area contributed by atoms with Crippen LogP contribution in [-0.2, 0) is 30.0 Å². The Labute approximate surface area is 89.0 Å². The topological polar surface area (TPSA) is 35.5 Å². The van der Waals surface area contributed by atoms with Crippen molar-refractivity contribution in [3.05, 3.63) is 6.42 Å². The molecule has 0 aliphatic carbocycles. The van der Waals surface area contributed by atoms with E-state index in [9.17, 15) is 8.96 Å². The van der Waals surface area contributed by atoms with Crippen molar-refractivity contribution >= 4 is 21.2 Å². The van der Waals surface area contributed by atoms with Gasteiger partial charge in [-0.15, -0.1) is 0 Å². The van der Waals surface area contributed by atoms with E-state index in [2.05, 4.69) is 22.7 Å². The second kappa shape index (κ2) is 10.3. The Kier molecular flexibility index (Phi) is 13.4. The normalized spacial score (nSPS) is 10.5. The first-order chi connectivity index (χ1) is 5.68. The maximum absolute atomic E-state index is 11.8. The molecule has 0 aliphatic rings. The molecule has 0 aromatic rings. The third-order valence-electron chi connectivity index (χ3n) is 0.738. The molecule has 0 bridgehead atoms. The average Bonchev–Trinajstić information content (AvgIpc) is 2.09. The monoisotopic (exact) mass is 312 g/mol. The molecule has 0 aliphatic heterocycles. The van der Waals surface area contributed by atoms with Crippen LogP contribution in [0.4, 0.5) is 4.39 Å². The van der Waals surface area contributed by atoms with Crippen molar-refractivity contribution in [3.8, 4) is 0 Å². The molecule has 70 valence electrons. The van der Waals surface area contributed by atoms with Gasteiger partial charge in [-0.3, -0.25) is 4.57 Å². The summed E-state index contributed by atoms with van der Waals surface area (Å²) in [5.74, 6) is 0. The van der Waals surface area contributed by atoms with Crippen molar-refractivity contribution in [2.24, 2.45) is 0 Å². The molecule has 0 unspecified atom stereocenters. The van der Waals surface area contributed by atoms with Gasteiger partial charge >= 0.3 is 30.0 Å². The molecule has 0 heterocycles. The summed E-state index contributed by atoms with van der Waals surface area (Å²) in [7, 11) is -3.49. The third-order valence-corrected chi connectivity index (χ3v) is 2.21. The Hall–Kier alpha value is 1.18. The molecule has 0 spiro atoms. The Bertz CT molecular complexity index is 128. The summed E-state index contributed by atoms with van der Waals surface area (Å²) in [4.78, 5) is 0. The fourth-order valence-corrected chi connectivity index (χ4v) is 1.36. The Balaban J connectivity index is 0. The molecule has 0 atom stereocenters. The van der Waals surface area contributed by atoms with Crippen LogP contribution in [0.25, 0.3) is 0 Å². The van der Waals surface area contributed by atoms with Crippen LogP contribution in [0.15, 0.2) is 0 Å². The van der Waals surface area contributed by atoms with Gasteiger partial charge in [-0.25, -0.2) is 0 Å². The fraction of sp³-hybridized carbons (Fsp3) is 0.800. The Morgan fingerprint density at radius 2 is 1.75 bits per heavy atom. The molecule has 7 heteroatoms. The van der Waals surface area contributed by atoms with Crippen molar-refractivity contribution in [2.45, 2.75) is 13.8 Å². The summed E-state index contributed by atoms with van der Waals surface area (Å²) in [5.41, 5.74) is 0. The number of halogens is 2. The maximum atomic E-state index is 11.8. The van der Waals surface area contributed by atoms with E-state index in [1.54, 1.807) is 13.8 Å². The quantitative estimate of drug-likeness (QED) is 0.444. The van der Waals surface area contributed by atoms with E-state index in [0.29, 0.717) is 0 Å². The molecule has 0 aromatic heterocycles. The zero-order valence-corrected chi connectivity index (χ0v) is 12.6. The van der Waals surface area contributed by atoms with Crippen LogP contribution in [0.5, 0.6) is 0 Å². The second-order valence-electron chi connectivity index (χ2n) is 1.47. The molecule has 0 radical (unpaired) electrons. The molecule has 0 fully saturated rings. The predicted octanol–water partition coefficient (Wildman–Crippen LogP) is 3.18. The van der Waals surface area contributed by atoms with Gasteiger partial charge in [0.2, 0.25) is 7.60 Å². The van der Waals surface area contributed by atoms with Gasteiger partial charge in [-0.1, -0.05) is 6.42 Å². The van der Waals surface area contributed by atoms with Gasteiger partial charge < -0.3 is 13.4 Å². The van der Waals surface area contributed by atoms with Crippen LogP contribution in [0.2, 0.25) is 0 Å². The summed E-state index contributed by atoms with van der Waals surface area (Å²) in [6, 6.07) is 0. The molecule has 0 amide bonds. The van der Waals surface area contributed by atoms with Crippen LogP contribution in [-0.4, -0.2) is 13.2 Å². The van der Waals surface area contributed by atoms with Crippen LogP contribution in [0, 0.1) is 6.42 Å². The van der Waals surface area contributed by atoms with Gasteiger partial charge in [0.25, 0.3) is 0 Å². The molecule has 0 rings (SSSR count). The third kappa shape index (κ3) is 7.81. The zero-order chi connectivity index (χ0) is 10.0. The molecule has 3 nitrogen and oxygen atoms in total. The van der Waals surface area contributed by atoms with E-state index in [0.717, 1.165) is 0 Å². The van der Waals surface area contributed by atoms with Gasteiger partial charge in [0, 0.05) is 0 Å². The number of hydrogen-bond donors (Lipinski definition) is 0. The van der Waals surface area contributed by atoms with Crippen molar-refractivity contribution in [2.75, 3.05) is 13.2 Å². The molecular formula is C5H11BrFO3PZn. The second-order valence-corrected chi connectivity index (χ2v) is 3.26. The summed E-state index contributed by atoms with van der Waals surface area (Å²) >= 11 is 4.25. The van der Waals surface area contributed by atoms with Crippen molar-refractivity contribution in [1.82, 2.24) is 0 Å². The van der Waals surface area contributed by atoms with Gasteiger partial charge in [-0.2, -0.15) is 0 Å². The van der Waals surface area contributed by atoms with Crippen molar-refractivity contribution < 1.29 is 34.3 Å². The zero-order valence-electron chi connectivity index (χ0n) is 7.13. The molecule has 0 N–H and O–H groups in total. The molecule has 0 saturated carbocycles. The molecule has 0 aromatic carbocycles. The Morgan fingerprint density at radius 1 is 1.42 bits per heavy atom. The van der Waals surface area contributed by atoms with E-state index in [1.807, 2.05) is 0 Å². The number of rotatable bonds is 5. The van der Waals surface area contributed by atoms with Crippen LogP contribution >= 0.6 is 21.2 Å². The standard InChI is InChI=1S/C5H11FO3P.BrH.Zn/c1-3-8-10(7,5-6)9-4-2;;/h5H,3-4H2,1-2H3;1H;/q-1;;+2/p-1. The predicted molar refractivity (Wildman–Crippen MR) is 45.2 cm³/mol. The molecular weight excluding hydrogens is 303 g/mol. The van der Waals surface area contributed by atoms with E-state index < -0.39 is 7.60 Å². The van der Waals surface area contributed by atoms with Crippen LogP contribution in [0.3, 0.4) is 0 Å². The van der Waals surface area contributed by atoms with E-state index in [4.69, 9.17) is 0 Å². The summed E-state index contributed by atoms with van der Waals surface area (Å²) in [6.07, 6.45) is -0.0278. The van der Waals surface area contributed by atoms with Gasteiger partial charge in [0.15, 0.2) is 0 Å². The van der Waals surface area contributed by atoms with E-state index in [1.165, 1.54) is 16.3 Å².